The first kappa shape index (κ1) is 25.8. The Balaban J connectivity index is 1.57. The first-order chi connectivity index (χ1) is 17.2. The van der Waals surface area contributed by atoms with Gasteiger partial charge in [-0.1, -0.05) is 48.5 Å². The number of carbonyl (C=O) groups excluding carboxylic acids is 1. The number of nitrogens with one attached hydrogen (secondary N) is 2. The molecule has 1 saturated carbocycles. The average molecular weight is 500 g/mol. The van der Waals surface area contributed by atoms with Crippen molar-refractivity contribution in [3.05, 3.63) is 101 Å². The van der Waals surface area contributed by atoms with E-state index in [4.69, 9.17) is 0 Å². The van der Waals surface area contributed by atoms with Crippen molar-refractivity contribution in [2.75, 3.05) is 6.54 Å². The highest BCUT2D eigenvalue weighted by atomic mass is 19.4. The van der Waals surface area contributed by atoms with Crippen molar-refractivity contribution in [1.82, 2.24) is 15.6 Å². The van der Waals surface area contributed by atoms with Crippen LogP contribution in [0.5, 0.6) is 0 Å². The molecule has 0 spiro atoms. The molecule has 8 heteroatoms. The average Bonchev–Trinajstić information content (AvgIpc) is 3.69. The number of benzene rings is 2. The van der Waals surface area contributed by atoms with E-state index in [9.17, 15) is 22.4 Å². The summed E-state index contributed by atoms with van der Waals surface area (Å²) in [4.78, 5) is 16.8. The lowest BCUT2D eigenvalue weighted by Crippen LogP contribution is -2.40. The minimum Gasteiger partial charge on any atom is -0.354 e. The van der Waals surface area contributed by atoms with Crippen LogP contribution in [0.4, 0.5) is 17.6 Å². The van der Waals surface area contributed by atoms with E-state index in [1.165, 1.54) is 18.3 Å². The predicted octanol–water partition coefficient (Wildman–Crippen LogP) is 6.08. The molecule has 1 aromatic heterocycles. The Morgan fingerprint density at radius 3 is 2.42 bits per heavy atom. The lowest BCUT2D eigenvalue weighted by molar-refractivity contribution is -0.141. The maximum absolute atomic E-state index is 14.0. The Morgan fingerprint density at radius 2 is 1.81 bits per heavy atom. The summed E-state index contributed by atoms with van der Waals surface area (Å²) in [7, 11) is 0. The van der Waals surface area contributed by atoms with E-state index in [0.29, 0.717) is 36.4 Å². The van der Waals surface area contributed by atoms with Gasteiger partial charge in [0.25, 0.3) is 0 Å². The van der Waals surface area contributed by atoms with Crippen LogP contribution in [-0.4, -0.2) is 17.4 Å². The number of halogens is 4. The van der Waals surface area contributed by atoms with E-state index in [-0.39, 0.29) is 17.8 Å². The van der Waals surface area contributed by atoms with Crippen LogP contribution >= 0.6 is 0 Å². The smallest absolute Gasteiger partial charge is 0.354 e. The molecule has 0 aliphatic heterocycles. The van der Waals surface area contributed by atoms with Gasteiger partial charge in [0, 0.05) is 18.8 Å². The fourth-order valence-electron chi connectivity index (χ4n) is 4.12. The molecule has 0 radical (unpaired) electrons. The van der Waals surface area contributed by atoms with Gasteiger partial charge in [-0.3, -0.25) is 15.1 Å². The molecule has 4 nitrogen and oxygen atoms in total. The number of aromatic nitrogens is 1. The minimum atomic E-state index is -4.50. The third kappa shape index (κ3) is 6.91. The third-order valence-electron chi connectivity index (χ3n) is 6.45. The van der Waals surface area contributed by atoms with Gasteiger partial charge in [-0.15, -0.1) is 0 Å². The number of carbonyl (C=O) groups is 1. The summed E-state index contributed by atoms with van der Waals surface area (Å²) < 4.78 is 52.6. The van der Waals surface area contributed by atoms with Gasteiger partial charge in [0.2, 0.25) is 5.91 Å². The molecule has 1 amide bonds. The van der Waals surface area contributed by atoms with Gasteiger partial charge >= 0.3 is 6.18 Å². The zero-order valence-electron chi connectivity index (χ0n) is 20.0. The molecule has 0 bridgehead atoms. The summed E-state index contributed by atoms with van der Waals surface area (Å²) in [6.07, 6.45) is -0.148. The van der Waals surface area contributed by atoms with Crippen LogP contribution < -0.4 is 10.6 Å². The van der Waals surface area contributed by atoms with Gasteiger partial charge in [0.1, 0.15) is 17.6 Å². The quantitative estimate of drug-likeness (QED) is 0.333. The number of pyridine rings is 1. The standard InChI is InChI=1S/C28H29F4N3O/c1-18-15-22(11-12-23(18)29)24(13-9-20-10-14-25(33-16-20)28(30,31)32)35-26(21-5-3-2-4-6-21)27(36)34-17-19-7-8-19/h2-6,10-12,14-16,19,24,26,35H,7-9,13,17H2,1H3,(H,34,36)/t24-,26+/m0/s1. The number of hydrogen-bond acceptors (Lipinski definition) is 3. The molecule has 2 N–H and O–H groups in total. The van der Waals surface area contributed by atoms with Crippen LogP contribution in [0.3, 0.4) is 0 Å². The monoisotopic (exact) mass is 499 g/mol. The molecule has 36 heavy (non-hydrogen) atoms. The van der Waals surface area contributed by atoms with E-state index in [0.717, 1.165) is 30.0 Å². The normalized spacial score (nSPS) is 15.4. The highest BCUT2D eigenvalue weighted by Crippen LogP contribution is 2.30. The van der Waals surface area contributed by atoms with Gasteiger partial charge in [0.15, 0.2) is 0 Å². The molecule has 1 fully saturated rings. The topological polar surface area (TPSA) is 54.0 Å². The van der Waals surface area contributed by atoms with Gasteiger partial charge in [-0.05, 0) is 72.9 Å². The van der Waals surface area contributed by atoms with Crippen molar-refractivity contribution in [3.8, 4) is 0 Å². The number of alkyl halides is 3. The zero-order valence-corrected chi connectivity index (χ0v) is 20.0. The third-order valence-corrected chi connectivity index (χ3v) is 6.45. The summed E-state index contributed by atoms with van der Waals surface area (Å²) in [5.74, 6) is 0.0486. The maximum atomic E-state index is 14.0. The van der Waals surface area contributed by atoms with Crippen LogP contribution in [0.25, 0.3) is 0 Å². The number of amides is 1. The molecule has 2 aromatic carbocycles. The van der Waals surface area contributed by atoms with Crippen molar-refractivity contribution in [1.29, 1.82) is 0 Å². The fraction of sp³-hybridized carbons (Fsp3) is 0.357. The van der Waals surface area contributed by atoms with Gasteiger partial charge in [-0.25, -0.2) is 4.39 Å². The second-order valence-corrected chi connectivity index (χ2v) is 9.35. The van der Waals surface area contributed by atoms with Crippen LogP contribution in [0.1, 0.15) is 59.3 Å². The summed E-state index contributed by atoms with van der Waals surface area (Å²) in [5, 5.41) is 6.48. The van der Waals surface area contributed by atoms with Crippen molar-refractivity contribution >= 4 is 5.91 Å². The first-order valence-electron chi connectivity index (χ1n) is 12.1. The Hall–Kier alpha value is -3.26. The second kappa shape index (κ2) is 11.2. The van der Waals surface area contributed by atoms with Crippen molar-refractivity contribution < 1.29 is 22.4 Å². The highest BCUT2D eigenvalue weighted by molar-refractivity contribution is 5.83. The Kier molecular flexibility index (Phi) is 8.04. The van der Waals surface area contributed by atoms with Crippen molar-refractivity contribution in [3.63, 3.8) is 0 Å². The summed E-state index contributed by atoms with van der Waals surface area (Å²) in [5.41, 5.74) is 1.77. The molecule has 4 rings (SSSR count). The fourth-order valence-corrected chi connectivity index (χ4v) is 4.12. The molecular weight excluding hydrogens is 470 g/mol. The molecule has 3 aromatic rings. The molecule has 1 aliphatic carbocycles. The van der Waals surface area contributed by atoms with Crippen LogP contribution in [0.2, 0.25) is 0 Å². The van der Waals surface area contributed by atoms with Crippen LogP contribution in [0, 0.1) is 18.7 Å². The minimum absolute atomic E-state index is 0.145. The van der Waals surface area contributed by atoms with Gasteiger partial charge < -0.3 is 5.32 Å². The predicted molar refractivity (Wildman–Crippen MR) is 129 cm³/mol. The molecule has 1 aliphatic rings. The number of hydrogen-bond donors (Lipinski definition) is 2. The van der Waals surface area contributed by atoms with E-state index in [2.05, 4.69) is 15.6 Å². The molecule has 190 valence electrons. The number of nitrogens with zero attached hydrogens (tertiary/aromatic N) is 1. The molecule has 2 atom stereocenters. The summed E-state index contributed by atoms with van der Waals surface area (Å²) >= 11 is 0. The highest BCUT2D eigenvalue weighted by Gasteiger charge is 2.32. The first-order valence-corrected chi connectivity index (χ1v) is 12.1. The van der Waals surface area contributed by atoms with Crippen LogP contribution in [-0.2, 0) is 17.4 Å². The molecule has 0 unspecified atom stereocenters. The summed E-state index contributed by atoms with van der Waals surface area (Å²) in [6.45, 7) is 2.30. The SMILES string of the molecule is Cc1cc([C@H](CCc2ccc(C(F)(F)F)nc2)N[C@@H](C(=O)NCC2CC2)c2ccccc2)ccc1F. The van der Waals surface area contributed by atoms with E-state index in [1.807, 2.05) is 30.3 Å². The lowest BCUT2D eigenvalue weighted by atomic mass is 9.95. The largest absolute Gasteiger partial charge is 0.433 e. The molecule has 0 saturated heterocycles. The van der Waals surface area contributed by atoms with Gasteiger partial charge in [0.05, 0.1) is 0 Å². The Labute approximate surface area is 208 Å². The molecule has 1 heterocycles. The van der Waals surface area contributed by atoms with Crippen molar-refractivity contribution in [2.45, 2.75) is 50.9 Å². The maximum Gasteiger partial charge on any atom is 0.433 e. The van der Waals surface area contributed by atoms with E-state index >= 15 is 0 Å². The van der Waals surface area contributed by atoms with Crippen LogP contribution in [0.15, 0.2) is 66.9 Å². The number of aryl methyl sites for hydroxylation is 2. The van der Waals surface area contributed by atoms with Gasteiger partial charge in [-0.2, -0.15) is 13.2 Å². The summed E-state index contributed by atoms with van der Waals surface area (Å²) in [6, 6.07) is 15.5. The Morgan fingerprint density at radius 1 is 1.06 bits per heavy atom. The van der Waals surface area contributed by atoms with E-state index < -0.39 is 17.9 Å². The second-order valence-electron chi connectivity index (χ2n) is 9.35. The Bertz CT molecular complexity index is 1160. The number of rotatable bonds is 10. The van der Waals surface area contributed by atoms with E-state index in [1.54, 1.807) is 19.1 Å². The molecular formula is C28H29F4N3O. The van der Waals surface area contributed by atoms with Crippen molar-refractivity contribution in [2.24, 2.45) is 5.92 Å². The zero-order chi connectivity index (χ0) is 25.7. The lowest BCUT2D eigenvalue weighted by Gasteiger charge is -2.27.